The van der Waals surface area contributed by atoms with Crippen molar-refractivity contribution in [1.29, 1.82) is 0 Å². The Hall–Kier alpha value is -1.36. The fourth-order valence-electron chi connectivity index (χ4n) is 1.11. The van der Waals surface area contributed by atoms with E-state index < -0.39 is 23.9 Å². The minimum absolute atomic E-state index is 0.404. The van der Waals surface area contributed by atoms with E-state index in [1.165, 1.54) is 6.08 Å². The van der Waals surface area contributed by atoms with Gasteiger partial charge in [0.15, 0.2) is 0 Å². The van der Waals surface area contributed by atoms with Crippen molar-refractivity contribution in [2.24, 2.45) is 5.92 Å². The molecule has 66 valence electrons. The van der Waals surface area contributed by atoms with Gasteiger partial charge in [-0.3, -0.25) is 14.9 Å². The number of nitrogens with one attached hydrogen (secondary N) is 1. The molecule has 0 aromatic carbocycles. The van der Waals surface area contributed by atoms with E-state index in [2.05, 4.69) is 5.32 Å². The van der Waals surface area contributed by atoms with Crippen LogP contribution in [0.25, 0.3) is 0 Å². The Bertz CT molecular complexity index is 236. The van der Waals surface area contributed by atoms with E-state index in [1.807, 2.05) is 0 Å². The molecule has 0 saturated carbocycles. The highest BCUT2D eigenvalue weighted by atomic mass is 16.4. The number of carboxylic acid groups (broad SMARTS) is 2. The topological polar surface area (TPSA) is 86.6 Å². The maximum Gasteiger partial charge on any atom is 0.321 e. The van der Waals surface area contributed by atoms with Gasteiger partial charge >= 0.3 is 11.9 Å². The number of hydrogen-bond donors (Lipinski definition) is 3. The lowest BCUT2D eigenvalue weighted by molar-refractivity contribution is -0.149. The predicted octanol–water partition coefficient (Wildman–Crippen LogP) is -0.700. The second-order valence-corrected chi connectivity index (χ2v) is 2.52. The number of aliphatic carboxylic acids is 2. The normalized spacial score (nSPS) is 28.3. The Morgan fingerprint density at radius 3 is 2.42 bits per heavy atom. The molecule has 5 nitrogen and oxygen atoms in total. The van der Waals surface area contributed by atoms with Gasteiger partial charge in [-0.25, -0.2) is 0 Å². The van der Waals surface area contributed by atoms with Crippen molar-refractivity contribution >= 4 is 11.9 Å². The van der Waals surface area contributed by atoms with Gasteiger partial charge in [0.2, 0.25) is 0 Å². The second-order valence-electron chi connectivity index (χ2n) is 2.52. The average Bonchev–Trinajstić information content (AvgIpc) is 2.04. The van der Waals surface area contributed by atoms with Crippen LogP contribution in [0.5, 0.6) is 0 Å². The van der Waals surface area contributed by atoms with Crippen molar-refractivity contribution in [3.8, 4) is 0 Å². The van der Waals surface area contributed by atoms with Gasteiger partial charge in [-0.1, -0.05) is 12.2 Å². The van der Waals surface area contributed by atoms with Gasteiger partial charge in [0.25, 0.3) is 0 Å². The second kappa shape index (κ2) is 3.36. The first-order valence-electron chi connectivity index (χ1n) is 3.48. The highest BCUT2D eigenvalue weighted by molar-refractivity contribution is 5.84. The van der Waals surface area contributed by atoms with Crippen molar-refractivity contribution in [1.82, 2.24) is 5.32 Å². The van der Waals surface area contributed by atoms with Crippen LogP contribution < -0.4 is 5.32 Å². The molecule has 0 saturated heterocycles. The molecule has 0 radical (unpaired) electrons. The molecule has 0 aromatic heterocycles. The van der Waals surface area contributed by atoms with Gasteiger partial charge in [-0.15, -0.1) is 0 Å². The van der Waals surface area contributed by atoms with E-state index in [0.29, 0.717) is 6.54 Å². The van der Waals surface area contributed by atoms with Crippen molar-refractivity contribution in [3.05, 3.63) is 12.2 Å². The van der Waals surface area contributed by atoms with Crippen LogP contribution in [-0.2, 0) is 9.59 Å². The first-order chi connectivity index (χ1) is 5.63. The molecule has 0 spiro atoms. The molecule has 1 aliphatic heterocycles. The summed E-state index contributed by atoms with van der Waals surface area (Å²) in [6.07, 6.45) is 3.01. The molecule has 0 fully saturated rings. The summed E-state index contributed by atoms with van der Waals surface area (Å²) >= 11 is 0. The lowest BCUT2D eigenvalue weighted by Gasteiger charge is -2.21. The summed E-state index contributed by atoms with van der Waals surface area (Å²) in [5, 5.41) is 19.8. The van der Waals surface area contributed by atoms with E-state index in [1.54, 1.807) is 6.08 Å². The van der Waals surface area contributed by atoms with Crippen LogP contribution in [-0.4, -0.2) is 34.7 Å². The first-order valence-corrected chi connectivity index (χ1v) is 3.48. The van der Waals surface area contributed by atoms with Crippen molar-refractivity contribution in [2.45, 2.75) is 6.04 Å². The summed E-state index contributed by atoms with van der Waals surface area (Å²) in [5.41, 5.74) is 0. The average molecular weight is 171 g/mol. The van der Waals surface area contributed by atoms with Crippen molar-refractivity contribution in [3.63, 3.8) is 0 Å². The third-order valence-electron chi connectivity index (χ3n) is 1.71. The van der Waals surface area contributed by atoms with Gasteiger partial charge in [0.05, 0.1) is 0 Å². The van der Waals surface area contributed by atoms with Crippen LogP contribution in [0, 0.1) is 5.92 Å². The minimum Gasteiger partial charge on any atom is -0.481 e. The lowest BCUT2D eigenvalue weighted by Crippen LogP contribution is -2.47. The van der Waals surface area contributed by atoms with Crippen LogP contribution in [0.3, 0.4) is 0 Å². The van der Waals surface area contributed by atoms with Gasteiger partial charge in [0.1, 0.15) is 12.0 Å². The van der Waals surface area contributed by atoms with E-state index in [9.17, 15) is 9.59 Å². The highest BCUT2D eigenvalue weighted by Gasteiger charge is 2.32. The van der Waals surface area contributed by atoms with Crippen LogP contribution >= 0.6 is 0 Å². The smallest absolute Gasteiger partial charge is 0.321 e. The number of hydrogen-bond acceptors (Lipinski definition) is 3. The summed E-state index contributed by atoms with van der Waals surface area (Å²) in [7, 11) is 0. The standard InChI is InChI=1S/C7H9NO4/c9-6(10)4-2-1-3-8-5(4)7(11)12/h1-2,4-5,8H,3H2,(H,9,10)(H,11,12). The van der Waals surface area contributed by atoms with Crippen LogP contribution in [0.1, 0.15) is 0 Å². The zero-order valence-corrected chi connectivity index (χ0v) is 6.23. The van der Waals surface area contributed by atoms with Crippen LogP contribution in [0.15, 0.2) is 12.2 Å². The van der Waals surface area contributed by atoms with E-state index in [0.717, 1.165) is 0 Å². The Morgan fingerprint density at radius 1 is 1.33 bits per heavy atom. The molecule has 1 heterocycles. The Kier molecular flexibility index (Phi) is 2.44. The van der Waals surface area contributed by atoms with Crippen LogP contribution in [0.2, 0.25) is 0 Å². The van der Waals surface area contributed by atoms with Gasteiger partial charge < -0.3 is 10.2 Å². The van der Waals surface area contributed by atoms with Crippen molar-refractivity contribution < 1.29 is 19.8 Å². The summed E-state index contributed by atoms with van der Waals surface area (Å²) < 4.78 is 0. The number of carbonyl (C=O) groups is 2. The number of rotatable bonds is 2. The van der Waals surface area contributed by atoms with Gasteiger partial charge in [-0.2, -0.15) is 0 Å². The molecule has 2 unspecified atom stereocenters. The molecule has 1 aliphatic rings. The SMILES string of the molecule is O=C(O)C1C=CCNC1C(=O)O. The molecule has 0 amide bonds. The maximum absolute atomic E-state index is 10.5. The summed E-state index contributed by atoms with van der Waals surface area (Å²) in [4.78, 5) is 21.0. The lowest BCUT2D eigenvalue weighted by atomic mass is 9.97. The van der Waals surface area contributed by atoms with E-state index >= 15 is 0 Å². The molecule has 1 rings (SSSR count). The minimum atomic E-state index is -1.13. The molecule has 12 heavy (non-hydrogen) atoms. The van der Waals surface area contributed by atoms with Gasteiger partial charge in [-0.05, 0) is 0 Å². The monoisotopic (exact) mass is 171 g/mol. The Morgan fingerprint density at radius 2 is 2.00 bits per heavy atom. The zero-order valence-electron chi connectivity index (χ0n) is 6.23. The summed E-state index contributed by atoms with van der Waals surface area (Å²) in [5.74, 6) is -3.21. The molecule has 0 bridgehead atoms. The van der Waals surface area contributed by atoms with E-state index in [-0.39, 0.29) is 0 Å². The van der Waals surface area contributed by atoms with Crippen molar-refractivity contribution in [2.75, 3.05) is 6.54 Å². The zero-order chi connectivity index (χ0) is 9.14. The molecule has 5 heteroatoms. The highest BCUT2D eigenvalue weighted by Crippen LogP contribution is 2.10. The Labute approximate surface area is 68.7 Å². The molecule has 2 atom stereocenters. The first kappa shape index (κ1) is 8.73. The molecular weight excluding hydrogens is 162 g/mol. The third-order valence-corrected chi connectivity index (χ3v) is 1.71. The number of carboxylic acids is 2. The predicted molar refractivity (Wildman–Crippen MR) is 39.7 cm³/mol. The summed E-state index contributed by atoms with van der Waals surface area (Å²) in [6, 6.07) is -1.01. The largest absolute Gasteiger partial charge is 0.481 e. The fraction of sp³-hybridized carbons (Fsp3) is 0.429. The summed E-state index contributed by atoms with van der Waals surface area (Å²) in [6.45, 7) is 0.404. The quantitative estimate of drug-likeness (QED) is 0.478. The van der Waals surface area contributed by atoms with Gasteiger partial charge in [0, 0.05) is 6.54 Å². The maximum atomic E-state index is 10.5. The van der Waals surface area contributed by atoms with E-state index in [4.69, 9.17) is 10.2 Å². The fourth-order valence-corrected chi connectivity index (χ4v) is 1.11. The molecule has 3 N–H and O–H groups in total. The Balaban J connectivity index is 2.79. The third kappa shape index (κ3) is 1.62. The molecule has 0 aliphatic carbocycles. The van der Waals surface area contributed by atoms with Crippen LogP contribution in [0.4, 0.5) is 0 Å². The molecular formula is C7H9NO4. The molecule has 0 aromatic rings.